The van der Waals surface area contributed by atoms with E-state index < -0.39 is 0 Å². The van der Waals surface area contributed by atoms with Gasteiger partial charge in [0.25, 0.3) is 5.91 Å². The maximum atomic E-state index is 11.3. The van der Waals surface area contributed by atoms with Crippen LogP contribution < -0.4 is 5.32 Å². The Hall–Kier alpha value is -2.17. The number of allylic oxidation sites excluding steroid dienone is 4. The van der Waals surface area contributed by atoms with Gasteiger partial charge in [0.1, 0.15) is 5.82 Å². The average Bonchev–Trinajstić information content (AvgIpc) is 3.13. The minimum absolute atomic E-state index is 0.0172. The van der Waals surface area contributed by atoms with Crippen LogP contribution in [0.3, 0.4) is 0 Å². The van der Waals surface area contributed by atoms with Crippen molar-refractivity contribution in [1.29, 1.82) is 0 Å². The molecule has 0 aliphatic heterocycles. The van der Waals surface area contributed by atoms with E-state index in [2.05, 4.69) is 33.7 Å². The number of rotatable bonds is 5. The number of hydrogen-bond donors (Lipinski definition) is 2. The van der Waals surface area contributed by atoms with E-state index in [-0.39, 0.29) is 17.6 Å². The van der Waals surface area contributed by atoms with Crippen LogP contribution in [-0.2, 0) is 0 Å². The maximum absolute atomic E-state index is 11.3. The van der Waals surface area contributed by atoms with Crippen molar-refractivity contribution < 1.29 is 4.79 Å². The second kappa shape index (κ2) is 17.9. The lowest BCUT2D eigenvalue weighted by atomic mass is 10.0. The Kier molecular flexibility index (Phi) is 20.0. The molecule has 1 heterocycles. The Bertz CT molecular complexity index is 461. The van der Waals surface area contributed by atoms with Crippen LogP contribution in [0.1, 0.15) is 70.8 Å². The van der Waals surface area contributed by atoms with Crippen molar-refractivity contribution in [3.05, 3.63) is 48.6 Å². The van der Waals surface area contributed by atoms with E-state index >= 15 is 0 Å². The van der Waals surface area contributed by atoms with E-state index in [1.54, 1.807) is 12.2 Å². The van der Waals surface area contributed by atoms with Crippen LogP contribution >= 0.6 is 0 Å². The largest absolute Gasteiger partial charge is 0.352 e. The highest BCUT2D eigenvalue weighted by molar-refractivity contribution is 5.90. The Morgan fingerprint density at radius 1 is 1.17 bits per heavy atom. The van der Waals surface area contributed by atoms with Crippen LogP contribution in [0, 0.1) is 0 Å². The topological polar surface area (TPSA) is 70.7 Å². The molecule has 1 unspecified atom stereocenters. The molecule has 0 aliphatic rings. The van der Waals surface area contributed by atoms with E-state index in [1.165, 1.54) is 7.05 Å². The lowest BCUT2D eigenvalue weighted by Gasteiger charge is -2.08. The molecule has 0 saturated heterocycles. The van der Waals surface area contributed by atoms with Gasteiger partial charge in [-0.2, -0.15) is 0 Å². The maximum Gasteiger partial charge on any atom is 0.290 e. The molecule has 1 atom stereocenters. The standard InChI is InChI=1S/C12H16N4O.3C2H6/c1-5-7-9(6-2)8(3)10-14-11(16-15-10)12(17)13-4;3*1-2/h5-8H,1-2H2,3-4H3,(H,13,17)(H,14,15,16);3*1-2H3/b9-7+;;;. The molecule has 1 rings (SSSR count). The Morgan fingerprint density at radius 2 is 1.70 bits per heavy atom. The fourth-order valence-electron chi connectivity index (χ4n) is 1.36. The molecule has 0 spiro atoms. The number of carbonyl (C=O) groups excluding carboxylic acids is 1. The van der Waals surface area contributed by atoms with Gasteiger partial charge in [-0.3, -0.25) is 9.89 Å². The van der Waals surface area contributed by atoms with E-state index in [9.17, 15) is 4.79 Å². The first-order valence-corrected chi connectivity index (χ1v) is 8.23. The van der Waals surface area contributed by atoms with Gasteiger partial charge < -0.3 is 5.32 Å². The van der Waals surface area contributed by atoms with Gasteiger partial charge in [0.05, 0.1) is 0 Å². The average molecular weight is 322 g/mol. The second-order valence-corrected chi connectivity index (χ2v) is 3.45. The molecule has 0 bridgehead atoms. The molecule has 0 saturated carbocycles. The molecule has 5 heteroatoms. The molecule has 1 amide bonds. The second-order valence-electron chi connectivity index (χ2n) is 3.45. The summed E-state index contributed by atoms with van der Waals surface area (Å²) in [5.41, 5.74) is 0.958. The molecule has 23 heavy (non-hydrogen) atoms. The summed E-state index contributed by atoms with van der Waals surface area (Å²) in [7, 11) is 1.54. The summed E-state index contributed by atoms with van der Waals surface area (Å²) in [5.74, 6) is 0.428. The number of aromatic amines is 1. The highest BCUT2D eigenvalue weighted by atomic mass is 16.2. The van der Waals surface area contributed by atoms with Gasteiger partial charge in [0, 0.05) is 13.0 Å². The third-order valence-corrected chi connectivity index (χ3v) is 2.39. The third kappa shape index (κ3) is 9.45. The number of nitrogens with zero attached hydrogens (tertiary/aromatic N) is 2. The first-order chi connectivity index (χ1) is 11.1. The number of nitrogens with one attached hydrogen (secondary N) is 2. The molecule has 0 radical (unpaired) electrons. The normalized spacial score (nSPS) is 10.3. The monoisotopic (exact) mass is 322 g/mol. The van der Waals surface area contributed by atoms with Crippen LogP contribution in [0.2, 0.25) is 0 Å². The summed E-state index contributed by atoms with van der Waals surface area (Å²) >= 11 is 0. The van der Waals surface area contributed by atoms with Crippen LogP contribution in [0.5, 0.6) is 0 Å². The van der Waals surface area contributed by atoms with E-state index in [1.807, 2.05) is 54.5 Å². The summed E-state index contributed by atoms with van der Waals surface area (Å²) in [6.45, 7) is 21.3. The minimum Gasteiger partial charge on any atom is -0.352 e. The summed E-state index contributed by atoms with van der Waals surface area (Å²) in [6.07, 6.45) is 5.26. The van der Waals surface area contributed by atoms with Crippen LogP contribution in [-0.4, -0.2) is 28.1 Å². The molecule has 0 fully saturated rings. The number of carbonyl (C=O) groups is 1. The van der Waals surface area contributed by atoms with Crippen LogP contribution in [0.4, 0.5) is 0 Å². The molecular weight excluding hydrogens is 288 g/mol. The smallest absolute Gasteiger partial charge is 0.290 e. The number of hydrogen-bond acceptors (Lipinski definition) is 3. The fraction of sp³-hybridized carbons (Fsp3) is 0.500. The summed E-state index contributed by atoms with van der Waals surface area (Å²) in [6, 6.07) is 0. The van der Waals surface area contributed by atoms with Crippen LogP contribution in [0.15, 0.2) is 37.0 Å². The first-order valence-electron chi connectivity index (χ1n) is 8.23. The van der Waals surface area contributed by atoms with Crippen LogP contribution in [0.25, 0.3) is 0 Å². The van der Waals surface area contributed by atoms with Crippen molar-refractivity contribution in [1.82, 2.24) is 20.5 Å². The zero-order chi connectivity index (χ0) is 18.8. The third-order valence-electron chi connectivity index (χ3n) is 2.39. The van der Waals surface area contributed by atoms with E-state index in [4.69, 9.17) is 0 Å². The summed E-state index contributed by atoms with van der Waals surface area (Å²) in [5, 5.41) is 9.07. The van der Waals surface area contributed by atoms with Gasteiger partial charge >= 0.3 is 0 Å². The molecular formula is C18H34N4O. The Labute approximate surface area is 142 Å². The fourth-order valence-corrected chi connectivity index (χ4v) is 1.36. The summed E-state index contributed by atoms with van der Waals surface area (Å²) < 4.78 is 0. The van der Waals surface area contributed by atoms with Crippen molar-refractivity contribution in [2.24, 2.45) is 0 Å². The number of aromatic nitrogens is 3. The first kappa shape index (κ1) is 25.8. The number of amides is 1. The zero-order valence-electron chi connectivity index (χ0n) is 16.0. The van der Waals surface area contributed by atoms with Gasteiger partial charge in [-0.05, 0) is 5.57 Å². The molecule has 0 aromatic carbocycles. The van der Waals surface area contributed by atoms with Crippen molar-refractivity contribution >= 4 is 5.91 Å². The van der Waals surface area contributed by atoms with Crippen molar-refractivity contribution in [3.8, 4) is 0 Å². The molecule has 0 aliphatic carbocycles. The van der Waals surface area contributed by atoms with E-state index in [0.717, 1.165) is 5.57 Å². The molecule has 2 N–H and O–H groups in total. The van der Waals surface area contributed by atoms with Crippen molar-refractivity contribution in [3.63, 3.8) is 0 Å². The zero-order valence-corrected chi connectivity index (χ0v) is 16.0. The van der Waals surface area contributed by atoms with Crippen molar-refractivity contribution in [2.45, 2.75) is 54.4 Å². The highest BCUT2D eigenvalue weighted by Gasteiger charge is 2.16. The predicted octanol–water partition coefficient (Wildman–Crippen LogP) is 4.64. The Morgan fingerprint density at radius 3 is 2.09 bits per heavy atom. The Balaban J connectivity index is -0.000000595. The summed E-state index contributed by atoms with van der Waals surface area (Å²) in [4.78, 5) is 15.4. The van der Waals surface area contributed by atoms with E-state index in [0.29, 0.717) is 5.82 Å². The van der Waals surface area contributed by atoms with Gasteiger partial charge in [-0.15, -0.1) is 5.10 Å². The molecule has 5 nitrogen and oxygen atoms in total. The van der Waals surface area contributed by atoms with Gasteiger partial charge in [0.2, 0.25) is 5.82 Å². The highest BCUT2D eigenvalue weighted by Crippen LogP contribution is 2.21. The predicted molar refractivity (Wildman–Crippen MR) is 101 cm³/mol. The molecule has 1 aromatic rings. The van der Waals surface area contributed by atoms with Gasteiger partial charge in [0.15, 0.2) is 0 Å². The lowest BCUT2D eigenvalue weighted by molar-refractivity contribution is 0.0953. The van der Waals surface area contributed by atoms with Gasteiger partial charge in [-0.25, -0.2) is 4.98 Å². The van der Waals surface area contributed by atoms with Gasteiger partial charge in [-0.1, -0.05) is 79.9 Å². The SMILES string of the molecule is C=C/C=C(\C=C)C(C)c1nc(C(=O)NC)n[nH]1.CC.CC.CC. The number of H-pyrrole nitrogens is 1. The molecule has 132 valence electrons. The molecule has 1 aromatic heterocycles. The lowest BCUT2D eigenvalue weighted by Crippen LogP contribution is -2.19. The quantitative estimate of drug-likeness (QED) is 0.775. The minimum atomic E-state index is -0.312. The van der Waals surface area contributed by atoms with Crippen molar-refractivity contribution in [2.75, 3.05) is 7.05 Å².